The molecule has 0 unspecified atom stereocenters. The number of benzene rings is 2. The monoisotopic (exact) mass is 446 g/mol. The normalized spacial score (nSPS) is 16.2. The fraction of sp³-hybridized carbons (Fsp3) is 0.409. The maximum Gasteiger partial charge on any atom is 0.246 e. The Morgan fingerprint density at radius 3 is 2.48 bits per heavy atom. The summed E-state index contributed by atoms with van der Waals surface area (Å²) >= 11 is 0. The number of anilines is 1. The van der Waals surface area contributed by atoms with Gasteiger partial charge in [0.15, 0.2) is 0 Å². The van der Waals surface area contributed by atoms with Crippen LogP contribution in [0.5, 0.6) is 0 Å². The Balaban J connectivity index is 1.76. The molecule has 1 heterocycles. The van der Waals surface area contributed by atoms with Crippen LogP contribution in [0.1, 0.15) is 11.6 Å². The summed E-state index contributed by atoms with van der Waals surface area (Å²) in [6.07, 6.45) is 0. The van der Waals surface area contributed by atoms with Gasteiger partial charge in [-0.1, -0.05) is 36.4 Å². The van der Waals surface area contributed by atoms with Crippen molar-refractivity contribution in [3.8, 4) is 0 Å². The lowest BCUT2D eigenvalue weighted by Gasteiger charge is -2.26. The maximum absolute atomic E-state index is 13.1. The average Bonchev–Trinajstić information content (AvgIpc) is 2.78. The van der Waals surface area contributed by atoms with Gasteiger partial charge in [-0.15, -0.1) is 0 Å². The van der Waals surface area contributed by atoms with Gasteiger partial charge < -0.3 is 20.3 Å². The molecular formula is C22H30N4O4S. The zero-order valence-electron chi connectivity index (χ0n) is 18.0. The highest BCUT2D eigenvalue weighted by Crippen LogP contribution is 2.22. The van der Waals surface area contributed by atoms with Gasteiger partial charge in [-0.3, -0.25) is 4.79 Å². The number of hydrogen-bond donors (Lipinski definition) is 2. The molecule has 9 heteroatoms. The van der Waals surface area contributed by atoms with Crippen molar-refractivity contribution in [2.75, 3.05) is 58.8 Å². The van der Waals surface area contributed by atoms with Crippen LogP contribution in [0.25, 0.3) is 0 Å². The SMILES string of the molecule is CN(C)CCN[C@@H](C(=O)Nc1cccc(S(=O)(=O)N2CCOCC2)c1)c1ccccc1. The number of likely N-dealkylation sites (N-methyl/N-ethyl adjacent to an activating group) is 1. The molecule has 0 aromatic heterocycles. The van der Waals surface area contributed by atoms with E-state index in [9.17, 15) is 13.2 Å². The zero-order chi connectivity index (χ0) is 22.3. The Bertz CT molecular complexity index is 960. The van der Waals surface area contributed by atoms with E-state index in [1.54, 1.807) is 18.2 Å². The van der Waals surface area contributed by atoms with E-state index in [2.05, 4.69) is 10.6 Å². The fourth-order valence-electron chi connectivity index (χ4n) is 3.32. The lowest BCUT2D eigenvalue weighted by Crippen LogP contribution is -2.40. The van der Waals surface area contributed by atoms with E-state index >= 15 is 0 Å². The van der Waals surface area contributed by atoms with E-state index in [-0.39, 0.29) is 10.8 Å². The molecule has 1 atom stereocenters. The Morgan fingerprint density at radius 2 is 1.81 bits per heavy atom. The number of carbonyl (C=O) groups is 1. The van der Waals surface area contributed by atoms with Gasteiger partial charge in [-0.2, -0.15) is 4.31 Å². The number of nitrogens with one attached hydrogen (secondary N) is 2. The largest absolute Gasteiger partial charge is 0.379 e. The lowest BCUT2D eigenvalue weighted by atomic mass is 10.1. The first kappa shape index (κ1) is 23.4. The highest BCUT2D eigenvalue weighted by molar-refractivity contribution is 7.89. The summed E-state index contributed by atoms with van der Waals surface area (Å²) in [6, 6.07) is 15.3. The molecular weight excluding hydrogens is 416 g/mol. The molecule has 0 aliphatic carbocycles. The lowest BCUT2D eigenvalue weighted by molar-refractivity contribution is -0.118. The Labute approximate surface area is 184 Å². The van der Waals surface area contributed by atoms with E-state index in [0.717, 1.165) is 12.1 Å². The number of hydrogen-bond acceptors (Lipinski definition) is 6. The van der Waals surface area contributed by atoms with Crippen molar-refractivity contribution in [2.45, 2.75) is 10.9 Å². The molecule has 1 aliphatic heterocycles. The molecule has 2 aromatic carbocycles. The quantitative estimate of drug-likeness (QED) is 0.607. The molecule has 2 aromatic rings. The number of sulfonamides is 1. The van der Waals surface area contributed by atoms with Crippen molar-refractivity contribution in [1.29, 1.82) is 0 Å². The predicted molar refractivity (Wildman–Crippen MR) is 120 cm³/mol. The van der Waals surface area contributed by atoms with Gasteiger partial charge in [0.1, 0.15) is 6.04 Å². The van der Waals surface area contributed by atoms with Crippen LogP contribution in [0.15, 0.2) is 59.5 Å². The fourth-order valence-corrected chi connectivity index (χ4v) is 4.78. The Hall–Kier alpha value is -2.30. The van der Waals surface area contributed by atoms with Gasteiger partial charge in [0.2, 0.25) is 15.9 Å². The summed E-state index contributed by atoms with van der Waals surface area (Å²) in [4.78, 5) is 15.3. The molecule has 3 rings (SSSR count). The highest BCUT2D eigenvalue weighted by atomic mass is 32.2. The Morgan fingerprint density at radius 1 is 1.10 bits per heavy atom. The molecule has 8 nitrogen and oxygen atoms in total. The first-order valence-electron chi connectivity index (χ1n) is 10.3. The minimum atomic E-state index is -3.64. The van der Waals surface area contributed by atoms with Crippen LogP contribution in [0.3, 0.4) is 0 Å². The second-order valence-corrected chi connectivity index (χ2v) is 9.57. The summed E-state index contributed by atoms with van der Waals surface area (Å²) in [5, 5.41) is 6.16. The standard InChI is InChI=1S/C22H30N4O4S/c1-25(2)12-11-23-21(18-7-4-3-5-8-18)22(27)24-19-9-6-10-20(17-19)31(28,29)26-13-15-30-16-14-26/h3-10,17,21,23H,11-16H2,1-2H3,(H,24,27)/t21-/m1/s1. The van der Waals surface area contributed by atoms with Gasteiger partial charge in [-0.05, 0) is 37.9 Å². The Kier molecular flexibility index (Phi) is 8.16. The van der Waals surface area contributed by atoms with Gasteiger partial charge >= 0.3 is 0 Å². The molecule has 0 radical (unpaired) electrons. The van der Waals surface area contributed by atoms with E-state index in [1.165, 1.54) is 10.4 Å². The topological polar surface area (TPSA) is 91.0 Å². The van der Waals surface area contributed by atoms with Gasteiger partial charge in [0.25, 0.3) is 0 Å². The predicted octanol–water partition coefficient (Wildman–Crippen LogP) is 1.54. The van der Waals surface area contributed by atoms with Crippen molar-refractivity contribution in [3.63, 3.8) is 0 Å². The zero-order valence-corrected chi connectivity index (χ0v) is 18.8. The van der Waals surface area contributed by atoms with Crippen LogP contribution in [0.2, 0.25) is 0 Å². The summed E-state index contributed by atoms with van der Waals surface area (Å²) in [6.45, 7) is 2.82. The molecule has 1 aliphatic rings. The van der Waals surface area contributed by atoms with Crippen molar-refractivity contribution in [3.05, 3.63) is 60.2 Å². The minimum Gasteiger partial charge on any atom is -0.379 e. The second-order valence-electron chi connectivity index (χ2n) is 7.63. The number of amides is 1. The maximum atomic E-state index is 13.1. The van der Waals surface area contributed by atoms with E-state index in [4.69, 9.17) is 4.74 Å². The third-order valence-corrected chi connectivity index (χ3v) is 6.91. The molecule has 1 saturated heterocycles. The third-order valence-electron chi connectivity index (χ3n) is 5.01. The van der Waals surface area contributed by atoms with Gasteiger partial charge in [-0.25, -0.2) is 8.42 Å². The van der Waals surface area contributed by atoms with Crippen LogP contribution in [-0.4, -0.2) is 77.0 Å². The van der Waals surface area contributed by atoms with Crippen molar-refractivity contribution in [1.82, 2.24) is 14.5 Å². The van der Waals surface area contributed by atoms with Crippen molar-refractivity contribution >= 4 is 21.6 Å². The van der Waals surface area contributed by atoms with E-state index in [0.29, 0.717) is 38.5 Å². The molecule has 2 N–H and O–H groups in total. The van der Waals surface area contributed by atoms with Gasteiger partial charge in [0, 0.05) is 31.9 Å². The molecule has 0 bridgehead atoms. The summed E-state index contributed by atoms with van der Waals surface area (Å²) in [5.74, 6) is -0.245. The van der Waals surface area contributed by atoms with Crippen molar-refractivity contribution in [2.24, 2.45) is 0 Å². The third kappa shape index (κ3) is 6.34. The molecule has 0 spiro atoms. The number of nitrogens with zero attached hydrogens (tertiary/aromatic N) is 2. The second kappa shape index (κ2) is 10.8. The van der Waals surface area contributed by atoms with E-state index < -0.39 is 16.1 Å². The van der Waals surface area contributed by atoms with Crippen LogP contribution in [0, 0.1) is 0 Å². The summed E-state index contributed by atoms with van der Waals surface area (Å²) < 4.78 is 32.5. The summed E-state index contributed by atoms with van der Waals surface area (Å²) in [5.41, 5.74) is 1.28. The number of rotatable bonds is 9. The van der Waals surface area contributed by atoms with Gasteiger partial charge in [0.05, 0.1) is 18.1 Å². The first-order valence-corrected chi connectivity index (χ1v) is 11.7. The van der Waals surface area contributed by atoms with Crippen LogP contribution in [-0.2, 0) is 19.6 Å². The van der Waals surface area contributed by atoms with Crippen LogP contribution >= 0.6 is 0 Å². The number of carbonyl (C=O) groups excluding carboxylic acids is 1. The first-order chi connectivity index (χ1) is 14.9. The molecule has 0 saturated carbocycles. The summed E-state index contributed by atoms with van der Waals surface area (Å²) in [7, 11) is 0.308. The minimum absolute atomic E-state index is 0.157. The van der Waals surface area contributed by atoms with E-state index in [1.807, 2.05) is 49.3 Å². The smallest absolute Gasteiger partial charge is 0.246 e. The van der Waals surface area contributed by atoms with Crippen molar-refractivity contribution < 1.29 is 17.9 Å². The molecule has 31 heavy (non-hydrogen) atoms. The van der Waals surface area contributed by atoms with Crippen LogP contribution in [0.4, 0.5) is 5.69 Å². The van der Waals surface area contributed by atoms with Crippen LogP contribution < -0.4 is 10.6 Å². The molecule has 1 fully saturated rings. The number of morpholine rings is 1. The average molecular weight is 447 g/mol. The highest BCUT2D eigenvalue weighted by Gasteiger charge is 2.27. The number of ether oxygens (including phenoxy) is 1. The molecule has 1 amide bonds. The molecule has 168 valence electrons.